The standard InChI is InChI=1S/C15H26N4O/c1-11-14(12(2)18(4)17-11)7-8-15(20)19-9-5-6-13(19)10-16-3/h13,16H,5-10H2,1-4H3. The zero-order valence-corrected chi connectivity index (χ0v) is 13.1. The molecule has 1 aromatic rings. The first-order chi connectivity index (χ1) is 9.54. The van der Waals surface area contributed by atoms with E-state index in [0.717, 1.165) is 38.0 Å². The molecule has 1 aliphatic heterocycles. The lowest BCUT2D eigenvalue weighted by molar-refractivity contribution is -0.131. The summed E-state index contributed by atoms with van der Waals surface area (Å²) in [5.41, 5.74) is 3.44. The molecule has 0 aromatic carbocycles. The van der Waals surface area contributed by atoms with Crippen molar-refractivity contribution in [1.29, 1.82) is 0 Å². The van der Waals surface area contributed by atoms with Crippen molar-refractivity contribution < 1.29 is 4.79 Å². The maximum atomic E-state index is 12.4. The summed E-state index contributed by atoms with van der Waals surface area (Å²) in [5.74, 6) is 0.283. The normalized spacial score (nSPS) is 18.8. The van der Waals surface area contributed by atoms with Crippen molar-refractivity contribution in [1.82, 2.24) is 20.0 Å². The number of carbonyl (C=O) groups is 1. The number of hydrogen-bond acceptors (Lipinski definition) is 3. The van der Waals surface area contributed by atoms with E-state index in [1.807, 2.05) is 25.7 Å². The Labute approximate surface area is 121 Å². The van der Waals surface area contributed by atoms with Crippen molar-refractivity contribution in [2.45, 2.75) is 45.6 Å². The van der Waals surface area contributed by atoms with Gasteiger partial charge >= 0.3 is 0 Å². The molecule has 1 aromatic heterocycles. The van der Waals surface area contributed by atoms with Crippen LogP contribution in [0.5, 0.6) is 0 Å². The van der Waals surface area contributed by atoms with E-state index in [9.17, 15) is 4.79 Å². The summed E-state index contributed by atoms with van der Waals surface area (Å²) >= 11 is 0. The quantitative estimate of drug-likeness (QED) is 0.880. The van der Waals surface area contributed by atoms with Crippen molar-refractivity contribution in [2.24, 2.45) is 7.05 Å². The van der Waals surface area contributed by atoms with Crippen LogP contribution in [0.25, 0.3) is 0 Å². The van der Waals surface area contributed by atoms with Crippen LogP contribution in [0.3, 0.4) is 0 Å². The molecule has 1 fully saturated rings. The van der Waals surface area contributed by atoms with Crippen LogP contribution in [0.4, 0.5) is 0 Å². The van der Waals surface area contributed by atoms with Crippen molar-refractivity contribution >= 4 is 5.91 Å². The van der Waals surface area contributed by atoms with Crippen LogP contribution >= 0.6 is 0 Å². The molecule has 0 radical (unpaired) electrons. The highest BCUT2D eigenvalue weighted by Crippen LogP contribution is 2.20. The van der Waals surface area contributed by atoms with Gasteiger partial charge in [0.2, 0.25) is 5.91 Å². The lowest BCUT2D eigenvalue weighted by atomic mass is 10.1. The number of likely N-dealkylation sites (N-methyl/N-ethyl adjacent to an activating group) is 1. The number of aromatic nitrogens is 2. The third kappa shape index (κ3) is 3.03. The summed E-state index contributed by atoms with van der Waals surface area (Å²) in [5, 5.41) is 7.59. The van der Waals surface area contributed by atoms with E-state index < -0.39 is 0 Å². The van der Waals surface area contributed by atoms with Gasteiger partial charge in [0.25, 0.3) is 0 Å². The molecule has 1 saturated heterocycles. The van der Waals surface area contributed by atoms with Crippen LogP contribution in [0.2, 0.25) is 0 Å². The summed E-state index contributed by atoms with van der Waals surface area (Å²) in [6.07, 6.45) is 3.64. The van der Waals surface area contributed by atoms with E-state index in [1.54, 1.807) is 0 Å². The molecule has 20 heavy (non-hydrogen) atoms. The third-order valence-corrected chi connectivity index (χ3v) is 4.38. The number of hydrogen-bond donors (Lipinski definition) is 1. The van der Waals surface area contributed by atoms with E-state index in [-0.39, 0.29) is 5.91 Å². The van der Waals surface area contributed by atoms with Gasteiger partial charge in [0.15, 0.2) is 0 Å². The number of likely N-dealkylation sites (tertiary alicyclic amines) is 1. The third-order valence-electron chi connectivity index (χ3n) is 4.38. The average molecular weight is 278 g/mol. The zero-order chi connectivity index (χ0) is 14.7. The van der Waals surface area contributed by atoms with Gasteiger partial charge < -0.3 is 10.2 Å². The van der Waals surface area contributed by atoms with E-state index in [2.05, 4.69) is 22.2 Å². The van der Waals surface area contributed by atoms with Crippen LogP contribution in [-0.4, -0.2) is 46.8 Å². The Kier molecular flexibility index (Phi) is 4.81. The highest BCUT2D eigenvalue weighted by molar-refractivity contribution is 5.77. The van der Waals surface area contributed by atoms with E-state index in [0.29, 0.717) is 12.5 Å². The summed E-state index contributed by atoms with van der Waals surface area (Å²) in [6.45, 7) is 5.90. The second kappa shape index (κ2) is 6.39. The van der Waals surface area contributed by atoms with Gasteiger partial charge in [0.1, 0.15) is 0 Å². The van der Waals surface area contributed by atoms with Gasteiger partial charge in [-0.25, -0.2) is 0 Å². The molecular weight excluding hydrogens is 252 g/mol. The lowest BCUT2D eigenvalue weighted by Gasteiger charge is -2.24. The van der Waals surface area contributed by atoms with Crippen molar-refractivity contribution in [3.63, 3.8) is 0 Å². The van der Waals surface area contributed by atoms with Gasteiger partial charge in [-0.1, -0.05) is 0 Å². The first-order valence-corrected chi connectivity index (χ1v) is 7.47. The first kappa shape index (κ1) is 15.0. The molecule has 1 atom stereocenters. The number of aryl methyl sites for hydroxylation is 2. The van der Waals surface area contributed by atoms with Crippen LogP contribution in [0, 0.1) is 13.8 Å². The van der Waals surface area contributed by atoms with Crippen molar-refractivity contribution in [3.8, 4) is 0 Å². The molecule has 1 N–H and O–H groups in total. The Hall–Kier alpha value is -1.36. The smallest absolute Gasteiger partial charge is 0.223 e. The van der Waals surface area contributed by atoms with Crippen molar-refractivity contribution in [2.75, 3.05) is 20.1 Å². The molecule has 5 nitrogen and oxygen atoms in total. The minimum absolute atomic E-state index is 0.283. The second-order valence-electron chi connectivity index (χ2n) is 5.71. The van der Waals surface area contributed by atoms with E-state index in [1.165, 1.54) is 11.3 Å². The minimum Gasteiger partial charge on any atom is -0.338 e. The highest BCUT2D eigenvalue weighted by atomic mass is 16.2. The Morgan fingerprint density at radius 3 is 2.80 bits per heavy atom. The largest absolute Gasteiger partial charge is 0.338 e. The van der Waals surface area contributed by atoms with Crippen LogP contribution < -0.4 is 5.32 Å². The summed E-state index contributed by atoms with van der Waals surface area (Å²) in [4.78, 5) is 14.5. The van der Waals surface area contributed by atoms with Gasteiger partial charge in [-0.15, -0.1) is 0 Å². The first-order valence-electron chi connectivity index (χ1n) is 7.47. The predicted octanol–water partition coefficient (Wildman–Crippen LogP) is 1.18. The predicted molar refractivity (Wildman–Crippen MR) is 79.7 cm³/mol. The van der Waals surface area contributed by atoms with Crippen molar-refractivity contribution in [3.05, 3.63) is 17.0 Å². The van der Waals surface area contributed by atoms with Crippen LogP contribution in [-0.2, 0) is 18.3 Å². The number of amides is 1. The van der Waals surface area contributed by atoms with Gasteiger partial charge in [-0.2, -0.15) is 5.10 Å². The molecule has 5 heteroatoms. The Morgan fingerprint density at radius 1 is 1.45 bits per heavy atom. The molecule has 1 aliphatic rings. The van der Waals surface area contributed by atoms with E-state index in [4.69, 9.17) is 0 Å². The highest BCUT2D eigenvalue weighted by Gasteiger charge is 2.27. The summed E-state index contributed by atoms with van der Waals surface area (Å²) < 4.78 is 1.90. The molecule has 2 heterocycles. The molecule has 0 bridgehead atoms. The number of rotatable bonds is 5. The van der Waals surface area contributed by atoms with Gasteiger partial charge in [0, 0.05) is 38.3 Å². The van der Waals surface area contributed by atoms with Crippen LogP contribution in [0.15, 0.2) is 0 Å². The Bertz CT molecular complexity index is 480. The second-order valence-corrected chi connectivity index (χ2v) is 5.71. The maximum Gasteiger partial charge on any atom is 0.223 e. The fourth-order valence-corrected chi connectivity index (χ4v) is 3.17. The number of carbonyl (C=O) groups excluding carboxylic acids is 1. The topological polar surface area (TPSA) is 50.2 Å². The monoisotopic (exact) mass is 278 g/mol. The summed E-state index contributed by atoms with van der Waals surface area (Å²) in [7, 11) is 3.90. The molecule has 1 amide bonds. The van der Waals surface area contributed by atoms with Crippen LogP contribution in [0.1, 0.15) is 36.2 Å². The minimum atomic E-state index is 0.283. The molecule has 1 unspecified atom stereocenters. The SMILES string of the molecule is CNCC1CCCN1C(=O)CCc1c(C)nn(C)c1C. The lowest BCUT2D eigenvalue weighted by Crippen LogP contribution is -2.40. The number of nitrogens with one attached hydrogen (secondary N) is 1. The molecule has 0 saturated carbocycles. The summed E-state index contributed by atoms with van der Waals surface area (Å²) in [6, 6.07) is 0.378. The maximum absolute atomic E-state index is 12.4. The molecule has 0 spiro atoms. The Balaban J connectivity index is 1.95. The Morgan fingerprint density at radius 2 is 2.20 bits per heavy atom. The molecule has 0 aliphatic carbocycles. The van der Waals surface area contributed by atoms with Gasteiger partial charge in [-0.3, -0.25) is 9.48 Å². The molecule has 112 valence electrons. The number of nitrogens with zero attached hydrogens (tertiary/aromatic N) is 3. The van der Waals surface area contributed by atoms with Gasteiger partial charge in [-0.05, 0) is 45.7 Å². The molecule has 2 rings (SSSR count). The fraction of sp³-hybridized carbons (Fsp3) is 0.733. The molecular formula is C15H26N4O. The fourth-order valence-electron chi connectivity index (χ4n) is 3.17. The average Bonchev–Trinajstić information content (AvgIpc) is 2.95. The van der Waals surface area contributed by atoms with E-state index >= 15 is 0 Å². The zero-order valence-electron chi connectivity index (χ0n) is 13.1. The van der Waals surface area contributed by atoms with Gasteiger partial charge in [0.05, 0.1) is 5.69 Å².